The molecule has 0 amide bonds. The van der Waals surface area contributed by atoms with E-state index in [0.29, 0.717) is 11.5 Å². The highest BCUT2D eigenvalue weighted by atomic mass is 79.9. The molecule has 1 unspecified atom stereocenters. The molecule has 0 aliphatic carbocycles. The molecule has 1 aromatic rings. The van der Waals surface area contributed by atoms with Crippen molar-refractivity contribution in [2.45, 2.75) is 39.8 Å². The van der Waals surface area contributed by atoms with Gasteiger partial charge in [0.25, 0.3) is 0 Å². The van der Waals surface area contributed by atoms with Crippen LogP contribution >= 0.6 is 15.9 Å². The van der Waals surface area contributed by atoms with Gasteiger partial charge in [-0.05, 0) is 42.6 Å². The van der Waals surface area contributed by atoms with E-state index in [4.69, 9.17) is 0 Å². The van der Waals surface area contributed by atoms with Gasteiger partial charge in [-0.2, -0.15) is 0 Å². The second-order valence-electron chi connectivity index (χ2n) is 6.59. The molecule has 1 aliphatic heterocycles. The molecule has 19 heavy (non-hydrogen) atoms. The van der Waals surface area contributed by atoms with Crippen molar-refractivity contribution >= 4 is 15.9 Å². The number of halogens is 1. The van der Waals surface area contributed by atoms with E-state index >= 15 is 0 Å². The fourth-order valence-electron chi connectivity index (χ4n) is 2.56. The van der Waals surface area contributed by atoms with Gasteiger partial charge in [0.2, 0.25) is 0 Å². The summed E-state index contributed by atoms with van der Waals surface area (Å²) in [6, 6.07) is 9.27. The third kappa shape index (κ3) is 4.59. The lowest BCUT2D eigenvalue weighted by molar-refractivity contribution is 0.192. The molecule has 1 fully saturated rings. The molecule has 1 N–H and O–H groups in total. The highest BCUT2D eigenvalue weighted by Crippen LogP contribution is 2.22. The van der Waals surface area contributed by atoms with Crippen LogP contribution in [0.5, 0.6) is 0 Å². The number of hydrogen-bond acceptors (Lipinski definition) is 2. The van der Waals surface area contributed by atoms with E-state index in [9.17, 15) is 0 Å². The van der Waals surface area contributed by atoms with Gasteiger partial charge in [0, 0.05) is 23.6 Å². The lowest BCUT2D eigenvalue weighted by atomic mass is 9.86. The summed E-state index contributed by atoms with van der Waals surface area (Å²) in [5.74, 6) is 0. The fourth-order valence-corrected chi connectivity index (χ4v) is 2.83. The van der Waals surface area contributed by atoms with E-state index in [2.05, 4.69) is 71.2 Å². The fraction of sp³-hybridized carbons (Fsp3) is 0.625. The van der Waals surface area contributed by atoms with Gasteiger partial charge in [0.15, 0.2) is 0 Å². The van der Waals surface area contributed by atoms with Gasteiger partial charge in [0.1, 0.15) is 0 Å². The van der Waals surface area contributed by atoms with Crippen LogP contribution in [0.4, 0.5) is 0 Å². The van der Waals surface area contributed by atoms with Crippen molar-refractivity contribution in [1.82, 2.24) is 10.2 Å². The summed E-state index contributed by atoms with van der Waals surface area (Å²) in [6.45, 7) is 11.5. The number of nitrogens with zero attached hydrogens (tertiary/aromatic N) is 1. The Labute approximate surface area is 125 Å². The van der Waals surface area contributed by atoms with E-state index in [1.165, 1.54) is 18.5 Å². The maximum absolute atomic E-state index is 3.70. The van der Waals surface area contributed by atoms with Gasteiger partial charge < -0.3 is 5.32 Å². The van der Waals surface area contributed by atoms with Crippen LogP contribution in [0.2, 0.25) is 0 Å². The first-order valence-corrected chi connectivity index (χ1v) is 7.94. The van der Waals surface area contributed by atoms with Crippen molar-refractivity contribution in [3.8, 4) is 0 Å². The zero-order valence-corrected chi connectivity index (χ0v) is 13.8. The SMILES string of the molecule is CC(C)(C)C1CN(Cc2ccc(Br)cc2)CCCN1. The summed E-state index contributed by atoms with van der Waals surface area (Å²) in [4.78, 5) is 2.58. The lowest BCUT2D eigenvalue weighted by Crippen LogP contribution is -2.46. The quantitative estimate of drug-likeness (QED) is 0.893. The number of nitrogens with one attached hydrogen (secondary N) is 1. The van der Waals surface area contributed by atoms with Crippen LogP contribution in [0.25, 0.3) is 0 Å². The maximum atomic E-state index is 3.70. The van der Waals surface area contributed by atoms with Crippen LogP contribution in [-0.2, 0) is 6.54 Å². The van der Waals surface area contributed by atoms with Crippen molar-refractivity contribution in [3.05, 3.63) is 34.3 Å². The molecule has 0 spiro atoms. The number of hydrogen-bond donors (Lipinski definition) is 1. The number of rotatable bonds is 2. The van der Waals surface area contributed by atoms with Gasteiger partial charge in [-0.1, -0.05) is 48.8 Å². The molecule has 1 atom stereocenters. The Hall–Kier alpha value is -0.380. The van der Waals surface area contributed by atoms with E-state index in [0.717, 1.165) is 24.1 Å². The molecule has 0 radical (unpaired) electrons. The van der Waals surface area contributed by atoms with E-state index in [-0.39, 0.29) is 0 Å². The first-order valence-electron chi connectivity index (χ1n) is 7.15. The van der Waals surface area contributed by atoms with Gasteiger partial charge >= 0.3 is 0 Å². The Balaban J connectivity index is 2.00. The molecule has 0 bridgehead atoms. The van der Waals surface area contributed by atoms with Crippen molar-refractivity contribution in [3.63, 3.8) is 0 Å². The van der Waals surface area contributed by atoms with Gasteiger partial charge in [-0.15, -0.1) is 0 Å². The summed E-state index contributed by atoms with van der Waals surface area (Å²) in [7, 11) is 0. The highest BCUT2D eigenvalue weighted by molar-refractivity contribution is 9.10. The third-order valence-electron chi connectivity index (χ3n) is 3.85. The Bertz CT molecular complexity index is 394. The van der Waals surface area contributed by atoms with E-state index < -0.39 is 0 Å². The predicted octanol–water partition coefficient (Wildman–Crippen LogP) is 3.66. The standard InChI is InChI=1S/C16H25BrN2/c1-16(2,3)15-12-19(10-4-9-18-15)11-13-5-7-14(17)8-6-13/h5-8,15,18H,4,9-12H2,1-3H3. The van der Waals surface area contributed by atoms with Crippen molar-refractivity contribution < 1.29 is 0 Å². The highest BCUT2D eigenvalue weighted by Gasteiger charge is 2.27. The van der Waals surface area contributed by atoms with Gasteiger partial charge in [0.05, 0.1) is 0 Å². The van der Waals surface area contributed by atoms with Crippen molar-refractivity contribution in [1.29, 1.82) is 0 Å². The molecular weight excluding hydrogens is 300 g/mol. The summed E-state index contributed by atoms with van der Waals surface area (Å²) in [5.41, 5.74) is 1.72. The van der Waals surface area contributed by atoms with Crippen LogP contribution in [0, 0.1) is 5.41 Å². The minimum Gasteiger partial charge on any atom is -0.312 e. The Morgan fingerprint density at radius 3 is 2.58 bits per heavy atom. The predicted molar refractivity (Wildman–Crippen MR) is 85.3 cm³/mol. The second-order valence-corrected chi connectivity index (χ2v) is 7.50. The largest absolute Gasteiger partial charge is 0.312 e. The third-order valence-corrected chi connectivity index (χ3v) is 4.38. The average molecular weight is 325 g/mol. The van der Waals surface area contributed by atoms with E-state index in [1.807, 2.05) is 0 Å². The first-order chi connectivity index (χ1) is 8.95. The summed E-state index contributed by atoms with van der Waals surface area (Å²) >= 11 is 3.50. The maximum Gasteiger partial charge on any atom is 0.0243 e. The van der Waals surface area contributed by atoms with Crippen molar-refractivity contribution in [2.75, 3.05) is 19.6 Å². The molecule has 1 saturated heterocycles. The Kier molecular flexibility index (Phi) is 5.04. The molecule has 3 heteroatoms. The first kappa shape index (κ1) is 15.0. The lowest BCUT2D eigenvalue weighted by Gasteiger charge is -2.33. The molecule has 2 rings (SSSR count). The molecule has 2 nitrogen and oxygen atoms in total. The van der Waals surface area contributed by atoms with Crippen molar-refractivity contribution in [2.24, 2.45) is 5.41 Å². The van der Waals surface area contributed by atoms with Crippen LogP contribution in [0.1, 0.15) is 32.8 Å². The van der Waals surface area contributed by atoms with Crippen LogP contribution in [0.15, 0.2) is 28.7 Å². The second kappa shape index (κ2) is 6.38. The van der Waals surface area contributed by atoms with Gasteiger partial charge in [-0.3, -0.25) is 4.90 Å². The summed E-state index contributed by atoms with van der Waals surface area (Å²) in [5, 5.41) is 3.70. The zero-order valence-electron chi connectivity index (χ0n) is 12.2. The number of benzene rings is 1. The Morgan fingerprint density at radius 1 is 1.26 bits per heavy atom. The Morgan fingerprint density at radius 2 is 1.95 bits per heavy atom. The molecule has 106 valence electrons. The zero-order chi connectivity index (χ0) is 13.9. The monoisotopic (exact) mass is 324 g/mol. The molecule has 1 aromatic carbocycles. The van der Waals surface area contributed by atoms with Crippen LogP contribution in [-0.4, -0.2) is 30.6 Å². The summed E-state index contributed by atoms with van der Waals surface area (Å²) < 4.78 is 1.15. The molecule has 1 heterocycles. The minimum atomic E-state index is 0.322. The van der Waals surface area contributed by atoms with Crippen LogP contribution in [0.3, 0.4) is 0 Å². The molecule has 1 aliphatic rings. The average Bonchev–Trinajstić information content (AvgIpc) is 2.57. The topological polar surface area (TPSA) is 15.3 Å². The minimum absolute atomic E-state index is 0.322. The smallest absolute Gasteiger partial charge is 0.0243 e. The van der Waals surface area contributed by atoms with Crippen LogP contribution < -0.4 is 5.32 Å². The molecular formula is C16H25BrN2. The van der Waals surface area contributed by atoms with E-state index in [1.54, 1.807) is 0 Å². The summed E-state index contributed by atoms with van der Waals surface area (Å²) in [6.07, 6.45) is 1.24. The molecule has 0 aromatic heterocycles. The molecule has 0 saturated carbocycles. The normalized spacial score (nSPS) is 22.2. The van der Waals surface area contributed by atoms with Gasteiger partial charge in [-0.25, -0.2) is 0 Å².